The van der Waals surface area contributed by atoms with E-state index in [0.717, 1.165) is 16.3 Å². The summed E-state index contributed by atoms with van der Waals surface area (Å²) in [7, 11) is 0. The molecule has 1 aliphatic rings. The van der Waals surface area contributed by atoms with Crippen LogP contribution in [0.15, 0.2) is 76.1 Å². The Morgan fingerprint density at radius 3 is 2.83 bits per heavy atom. The summed E-state index contributed by atoms with van der Waals surface area (Å²) in [6.07, 6.45) is 2.27. The molecule has 6 heteroatoms. The molecule has 1 atom stereocenters. The molecular weight excluding hydrogens is 368 g/mol. The lowest BCUT2D eigenvalue weighted by Crippen LogP contribution is -2.33. The first-order valence-corrected chi connectivity index (χ1v) is 9.51. The minimum Gasteiger partial charge on any atom is -0.486 e. The summed E-state index contributed by atoms with van der Waals surface area (Å²) in [5.74, 6) is 0.374. The van der Waals surface area contributed by atoms with Gasteiger partial charge in [0.1, 0.15) is 28.5 Å². The van der Waals surface area contributed by atoms with Crippen LogP contribution in [0.3, 0.4) is 0 Å². The Morgan fingerprint density at radius 2 is 1.90 bits per heavy atom. The zero-order chi connectivity index (χ0) is 19.8. The van der Waals surface area contributed by atoms with Gasteiger partial charge in [-0.3, -0.25) is 9.78 Å². The topological polar surface area (TPSA) is 72.6 Å². The van der Waals surface area contributed by atoms with E-state index in [1.165, 1.54) is 0 Å². The molecule has 0 radical (unpaired) electrons. The second kappa shape index (κ2) is 7.05. The minimum absolute atomic E-state index is 0.0520. The van der Waals surface area contributed by atoms with E-state index in [2.05, 4.69) is 4.98 Å². The highest BCUT2D eigenvalue weighted by Gasteiger charge is 2.30. The van der Waals surface area contributed by atoms with Crippen LogP contribution >= 0.6 is 0 Å². The van der Waals surface area contributed by atoms with Gasteiger partial charge in [0.25, 0.3) is 5.91 Å². The molecule has 2 aromatic carbocycles. The Bertz CT molecular complexity index is 1280. The zero-order valence-electron chi connectivity index (χ0n) is 15.6. The summed E-state index contributed by atoms with van der Waals surface area (Å²) < 4.78 is 11.4. The number of hydrogen-bond donors (Lipinski definition) is 0. The zero-order valence-corrected chi connectivity index (χ0v) is 15.6. The molecule has 1 saturated heterocycles. The Hall–Kier alpha value is -3.67. The lowest BCUT2D eigenvalue weighted by Gasteiger charge is -2.17. The van der Waals surface area contributed by atoms with Gasteiger partial charge < -0.3 is 14.1 Å². The first kappa shape index (κ1) is 17.4. The van der Waals surface area contributed by atoms with Crippen molar-refractivity contribution in [1.29, 1.82) is 0 Å². The van der Waals surface area contributed by atoms with Crippen molar-refractivity contribution in [3.63, 3.8) is 0 Å². The van der Waals surface area contributed by atoms with Crippen LogP contribution in [0.5, 0.6) is 5.75 Å². The van der Waals surface area contributed by atoms with Crippen molar-refractivity contribution in [2.75, 3.05) is 13.1 Å². The van der Waals surface area contributed by atoms with Crippen LogP contribution in [0.4, 0.5) is 0 Å². The Labute approximate surface area is 166 Å². The van der Waals surface area contributed by atoms with Crippen molar-refractivity contribution >= 4 is 27.8 Å². The van der Waals surface area contributed by atoms with Crippen LogP contribution in [0, 0.1) is 0 Å². The van der Waals surface area contributed by atoms with E-state index in [1.54, 1.807) is 29.3 Å². The van der Waals surface area contributed by atoms with Crippen molar-refractivity contribution in [2.45, 2.75) is 12.5 Å². The average molecular weight is 386 g/mol. The molecule has 144 valence electrons. The van der Waals surface area contributed by atoms with Gasteiger partial charge in [0, 0.05) is 29.9 Å². The van der Waals surface area contributed by atoms with E-state index in [0.29, 0.717) is 30.8 Å². The lowest BCUT2D eigenvalue weighted by atomic mass is 10.1. The van der Waals surface area contributed by atoms with Crippen molar-refractivity contribution in [3.05, 3.63) is 82.8 Å². The molecule has 4 aromatic rings. The number of nitrogens with zero attached hydrogens (tertiary/aromatic N) is 2. The van der Waals surface area contributed by atoms with Crippen LogP contribution in [-0.4, -0.2) is 35.0 Å². The number of aromatic nitrogens is 1. The van der Waals surface area contributed by atoms with Gasteiger partial charge in [-0.2, -0.15) is 0 Å². The largest absolute Gasteiger partial charge is 0.486 e. The molecule has 1 aliphatic heterocycles. The van der Waals surface area contributed by atoms with E-state index in [4.69, 9.17) is 9.15 Å². The average Bonchev–Trinajstić information content (AvgIpc) is 3.21. The maximum atomic E-state index is 12.9. The molecule has 0 unspecified atom stereocenters. The SMILES string of the molecule is O=C(c1cc2ccccc2oc1=O)N1CC[C@H](Oc2cccc3cccnc23)C1. The van der Waals surface area contributed by atoms with Gasteiger partial charge in [-0.25, -0.2) is 4.79 Å². The number of carbonyl (C=O) groups excluding carboxylic acids is 1. The number of carbonyl (C=O) groups is 1. The van der Waals surface area contributed by atoms with Crippen molar-refractivity contribution < 1.29 is 13.9 Å². The number of pyridine rings is 1. The van der Waals surface area contributed by atoms with Gasteiger partial charge in [0.05, 0.1) is 6.54 Å². The summed E-state index contributed by atoms with van der Waals surface area (Å²) in [6.45, 7) is 0.933. The lowest BCUT2D eigenvalue weighted by molar-refractivity contribution is 0.0768. The highest BCUT2D eigenvalue weighted by atomic mass is 16.5. The third-order valence-electron chi connectivity index (χ3n) is 5.19. The second-order valence-corrected chi connectivity index (χ2v) is 7.10. The van der Waals surface area contributed by atoms with Crippen LogP contribution in [-0.2, 0) is 0 Å². The van der Waals surface area contributed by atoms with Crippen LogP contribution in [0.1, 0.15) is 16.8 Å². The molecule has 1 amide bonds. The van der Waals surface area contributed by atoms with Gasteiger partial charge in [0.15, 0.2) is 0 Å². The van der Waals surface area contributed by atoms with E-state index in [-0.39, 0.29) is 17.6 Å². The second-order valence-electron chi connectivity index (χ2n) is 7.10. The molecular formula is C23H18N2O4. The Kier molecular flexibility index (Phi) is 4.24. The van der Waals surface area contributed by atoms with Crippen molar-refractivity contribution in [1.82, 2.24) is 9.88 Å². The summed E-state index contributed by atoms with van der Waals surface area (Å²) in [5.41, 5.74) is 0.711. The summed E-state index contributed by atoms with van der Waals surface area (Å²) in [6, 6.07) is 18.4. The summed E-state index contributed by atoms with van der Waals surface area (Å²) in [5, 5.41) is 1.73. The molecule has 0 aliphatic carbocycles. The fourth-order valence-corrected chi connectivity index (χ4v) is 3.74. The van der Waals surface area contributed by atoms with Crippen molar-refractivity contribution in [2.24, 2.45) is 0 Å². The molecule has 6 nitrogen and oxygen atoms in total. The molecule has 0 N–H and O–H groups in total. The molecule has 0 spiro atoms. The van der Waals surface area contributed by atoms with Crippen molar-refractivity contribution in [3.8, 4) is 5.75 Å². The third kappa shape index (κ3) is 3.23. The molecule has 0 bridgehead atoms. The summed E-state index contributed by atoms with van der Waals surface area (Å²) >= 11 is 0. The fraction of sp³-hybridized carbons (Fsp3) is 0.174. The van der Waals surface area contributed by atoms with Crippen LogP contribution in [0.25, 0.3) is 21.9 Å². The van der Waals surface area contributed by atoms with E-state index in [1.807, 2.05) is 42.5 Å². The fourth-order valence-electron chi connectivity index (χ4n) is 3.74. The molecule has 0 saturated carbocycles. The highest BCUT2D eigenvalue weighted by Crippen LogP contribution is 2.26. The number of para-hydroxylation sites is 2. The van der Waals surface area contributed by atoms with Gasteiger partial charge in [-0.1, -0.05) is 36.4 Å². The number of fused-ring (bicyclic) bond motifs is 2. The number of likely N-dealkylation sites (tertiary alicyclic amines) is 1. The van der Waals surface area contributed by atoms with Gasteiger partial charge in [-0.15, -0.1) is 0 Å². The van der Waals surface area contributed by atoms with E-state index in [9.17, 15) is 9.59 Å². The first-order valence-electron chi connectivity index (χ1n) is 9.51. The highest BCUT2D eigenvalue weighted by molar-refractivity contribution is 5.96. The van der Waals surface area contributed by atoms with Gasteiger partial charge >= 0.3 is 5.63 Å². The molecule has 2 aromatic heterocycles. The number of ether oxygens (including phenoxy) is 1. The molecule has 29 heavy (non-hydrogen) atoms. The number of rotatable bonds is 3. The molecule has 3 heterocycles. The predicted molar refractivity (Wildman–Crippen MR) is 109 cm³/mol. The quantitative estimate of drug-likeness (QED) is 0.503. The van der Waals surface area contributed by atoms with Crippen LogP contribution < -0.4 is 10.4 Å². The molecule has 1 fully saturated rings. The predicted octanol–water partition coefficient (Wildman–Crippen LogP) is 3.63. The number of amides is 1. The third-order valence-corrected chi connectivity index (χ3v) is 5.19. The van der Waals surface area contributed by atoms with E-state index < -0.39 is 5.63 Å². The normalized spacial score (nSPS) is 16.4. The number of hydrogen-bond acceptors (Lipinski definition) is 5. The van der Waals surface area contributed by atoms with Gasteiger partial charge in [0.2, 0.25) is 0 Å². The smallest absolute Gasteiger partial charge is 0.349 e. The van der Waals surface area contributed by atoms with E-state index >= 15 is 0 Å². The number of benzene rings is 2. The van der Waals surface area contributed by atoms with Crippen LogP contribution in [0.2, 0.25) is 0 Å². The standard InChI is InChI=1S/C23H18N2O4/c26-22(18-13-16-5-1-2-8-19(16)29-23(18)27)25-12-10-17(14-25)28-20-9-3-6-15-7-4-11-24-21(15)20/h1-9,11,13,17H,10,12,14H2/t17-/m0/s1. The summed E-state index contributed by atoms with van der Waals surface area (Å²) in [4.78, 5) is 31.3. The monoisotopic (exact) mass is 386 g/mol. The minimum atomic E-state index is -0.615. The first-order chi connectivity index (χ1) is 14.2. The Morgan fingerprint density at radius 1 is 1.07 bits per heavy atom. The maximum absolute atomic E-state index is 12.9. The van der Waals surface area contributed by atoms with Gasteiger partial charge in [-0.05, 0) is 24.3 Å². The maximum Gasteiger partial charge on any atom is 0.349 e. The molecule has 5 rings (SSSR count). The Balaban J connectivity index is 1.36.